The van der Waals surface area contributed by atoms with E-state index in [-0.39, 0.29) is 30.1 Å². The average Bonchev–Trinajstić information content (AvgIpc) is 2.56. The first kappa shape index (κ1) is 20.4. The zero-order valence-electron chi connectivity index (χ0n) is 13.9. The van der Waals surface area contributed by atoms with Crippen LogP contribution in [0.2, 0.25) is 0 Å². The molecule has 1 saturated heterocycles. The Morgan fingerprint density at radius 3 is 2.46 bits per heavy atom. The van der Waals surface area contributed by atoms with Gasteiger partial charge < -0.3 is 21.1 Å². The fraction of sp³-hybridized carbons (Fsp3) is 0.529. The molecule has 1 aliphatic rings. The molecule has 0 aromatic heterocycles. The van der Waals surface area contributed by atoms with Crippen LogP contribution < -0.4 is 16.4 Å². The molecule has 1 aromatic carbocycles. The van der Waals surface area contributed by atoms with E-state index in [1.54, 1.807) is 0 Å². The van der Waals surface area contributed by atoms with E-state index >= 15 is 0 Å². The minimum atomic E-state index is -0.457. The van der Waals surface area contributed by atoms with E-state index in [1.165, 1.54) is 6.92 Å². The van der Waals surface area contributed by atoms with Crippen LogP contribution in [0, 0.1) is 5.92 Å². The van der Waals surface area contributed by atoms with Crippen molar-refractivity contribution in [2.45, 2.75) is 32.2 Å². The van der Waals surface area contributed by atoms with Gasteiger partial charge in [0.2, 0.25) is 11.8 Å². The smallest absolute Gasteiger partial charge is 0.237 e. The summed E-state index contributed by atoms with van der Waals surface area (Å²) in [7, 11) is 0. The topological polar surface area (TPSA) is 93.5 Å². The Morgan fingerprint density at radius 1 is 1.25 bits per heavy atom. The molecule has 1 atom stereocenters. The maximum absolute atomic E-state index is 12.1. The van der Waals surface area contributed by atoms with Crippen LogP contribution in [0.4, 0.5) is 5.69 Å². The van der Waals surface area contributed by atoms with Crippen molar-refractivity contribution in [2.75, 3.05) is 25.1 Å². The number of anilines is 1. The zero-order valence-corrected chi connectivity index (χ0v) is 14.7. The maximum atomic E-state index is 12.1. The number of ether oxygens (including phenoxy) is 1. The molecule has 1 fully saturated rings. The summed E-state index contributed by atoms with van der Waals surface area (Å²) < 4.78 is 5.29. The second-order valence-electron chi connectivity index (χ2n) is 5.89. The van der Waals surface area contributed by atoms with Crippen LogP contribution in [0.15, 0.2) is 24.3 Å². The van der Waals surface area contributed by atoms with E-state index < -0.39 is 6.04 Å². The molecule has 1 heterocycles. The first-order chi connectivity index (χ1) is 11.1. The van der Waals surface area contributed by atoms with Gasteiger partial charge in [-0.05, 0) is 42.9 Å². The summed E-state index contributed by atoms with van der Waals surface area (Å²) in [6.07, 6.45) is 2.42. The largest absolute Gasteiger partial charge is 0.381 e. The molecule has 0 spiro atoms. The summed E-state index contributed by atoms with van der Waals surface area (Å²) in [5, 5.41) is 5.62. The molecule has 0 aliphatic carbocycles. The van der Waals surface area contributed by atoms with E-state index in [0.717, 1.165) is 30.5 Å². The molecule has 0 bridgehead atoms. The molecule has 7 heteroatoms. The third kappa shape index (κ3) is 6.47. The highest BCUT2D eigenvalue weighted by atomic mass is 35.5. The van der Waals surface area contributed by atoms with Gasteiger partial charge in [0.05, 0.1) is 6.04 Å². The van der Waals surface area contributed by atoms with Crippen LogP contribution in [0.25, 0.3) is 0 Å². The molecule has 1 unspecified atom stereocenters. The van der Waals surface area contributed by atoms with Crippen LogP contribution in [-0.2, 0) is 20.7 Å². The fourth-order valence-electron chi connectivity index (χ4n) is 2.69. The van der Waals surface area contributed by atoms with E-state index in [9.17, 15) is 9.59 Å². The predicted molar refractivity (Wildman–Crippen MR) is 96.2 cm³/mol. The van der Waals surface area contributed by atoms with Crippen molar-refractivity contribution in [1.29, 1.82) is 0 Å². The first-order valence-electron chi connectivity index (χ1n) is 8.04. The lowest BCUT2D eigenvalue weighted by Gasteiger charge is -2.26. The predicted octanol–water partition coefficient (Wildman–Crippen LogP) is 1.48. The summed E-state index contributed by atoms with van der Waals surface area (Å²) in [5.74, 6) is 0.0274. The number of nitrogens with one attached hydrogen (secondary N) is 2. The quantitative estimate of drug-likeness (QED) is 0.720. The highest BCUT2D eigenvalue weighted by Gasteiger charge is 2.26. The van der Waals surface area contributed by atoms with E-state index in [0.29, 0.717) is 19.8 Å². The molecular formula is C17H26ClN3O3. The van der Waals surface area contributed by atoms with E-state index in [4.69, 9.17) is 10.5 Å². The number of amides is 2. The number of carbonyl (C=O) groups excluding carboxylic acids is 2. The van der Waals surface area contributed by atoms with Crippen LogP contribution in [0.3, 0.4) is 0 Å². The number of hydrogen-bond donors (Lipinski definition) is 3. The van der Waals surface area contributed by atoms with Gasteiger partial charge in [-0.15, -0.1) is 12.4 Å². The summed E-state index contributed by atoms with van der Waals surface area (Å²) >= 11 is 0. The SMILES string of the molecule is CC(=O)Nc1ccc(CCNC(=O)C(N)C2CCOCC2)cc1.Cl. The van der Waals surface area contributed by atoms with Gasteiger partial charge in [0, 0.05) is 32.4 Å². The molecule has 2 rings (SSSR count). The minimum Gasteiger partial charge on any atom is -0.381 e. The van der Waals surface area contributed by atoms with E-state index in [1.807, 2.05) is 24.3 Å². The van der Waals surface area contributed by atoms with Crippen LogP contribution in [0.1, 0.15) is 25.3 Å². The van der Waals surface area contributed by atoms with Gasteiger partial charge in [0.1, 0.15) is 0 Å². The minimum absolute atomic E-state index is 0. The molecule has 24 heavy (non-hydrogen) atoms. The molecule has 1 aliphatic heterocycles. The summed E-state index contributed by atoms with van der Waals surface area (Å²) in [4.78, 5) is 23.0. The molecule has 2 amide bonds. The lowest BCUT2D eigenvalue weighted by Crippen LogP contribution is -2.47. The van der Waals surface area contributed by atoms with Gasteiger partial charge in [-0.25, -0.2) is 0 Å². The van der Waals surface area contributed by atoms with Gasteiger partial charge >= 0.3 is 0 Å². The zero-order chi connectivity index (χ0) is 16.7. The number of benzene rings is 1. The van der Waals surface area contributed by atoms with Crippen molar-refractivity contribution < 1.29 is 14.3 Å². The van der Waals surface area contributed by atoms with Crippen molar-refractivity contribution in [1.82, 2.24) is 5.32 Å². The Hall–Kier alpha value is -1.63. The molecule has 1 aromatic rings. The summed E-state index contributed by atoms with van der Waals surface area (Å²) in [6.45, 7) is 3.40. The normalized spacial score (nSPS) is 15.9. The van der Waals surface area contributed by atoms with Gasteiger partial charge in [-0.1, -0.05) is 12.1 Å². The molecular weight excluding hydrogens is 330 g/mol. The Kier molecular flexibility index (Phi) is 8.74. The standard InChI is InChI=1S/C17H25N3O3.ClH/c1-12(21)20-15-4-2-13(3-5-15)6-9-19-17(22)16(18)14-7-10-23-11-8-14;/h2-5,14,16H,6-11,18H2,1H3,(H,19,22)(H,20,21);1H. The third-order valence-corrected chi connectivity index (χ3v) is 4.06. The van der Waals surface area contributed by atoms with E-state index in [2.05, 4.69) is 10.6 Å². The fourth-order valence-corrected chi connectivity index (χ4v) is 2.69. The number of rotatable bonds is 6. The molecule has 4 N–H and O–H groups in total. The van der Waals surface area contributed by atoms with Crippen molar-refractivity contribution in [3.63, 3.8) is 0 Å². The van der Waals surface area contributed by atoms with Crippen LogP contribution in [0.5, 0.6) is 0 Å². The van der Waals surface area contributed by atoms with Gasteiger partial charge in [-0.3, -0.25) is 9.59 Å². The Morgan fingerprint density at radius 2 is 1.88 bits per heavy atom. The molecule has 134 valence electrons. The summed E-state index contributed by atoms with van der Waals surface area (Å²) in [6, 6.07) is 7.13. The highest BCUT2D eigenvalue weighted by Crippen LogP contribution is 2.17. The molecule has 6 nitrogen and oxygen atoms in total. The lowest BCUT2D eigenvalue weighted by molar-refractivity contribution is -0.124. The lowest BCUT2D eigenvalue weighted by atomic mass is 9.92. The Labute approximate surface area is 148 Å². The third-order valence-electron chi connectivity index (χ3n) is 4.06. The Balaban J connectivity index is 0.00000288. The number of carbonyl (C=O) groups is 2. The average molecular weight is 356 g/mol. The van der Waals surface area contributed by atoms with Crippen LogP contribution >= 0.6 is 12.4 Å². The number of nitrogens with two attached hydrogens (primary N) is 1. The van der Waals surface area contributed by atoms with Crippen LogP contribution in [-0.4, -0.2) is 37.6 Å². The van der Waals surface area contributed by atoms with Crippen molar-refractivity contribution >= 4 is 29.9 Å². The van der Waals surface area contributed by atoms with Gasteiger partial charge in [0.25, 0.3) is 0 Å². The van der Waals surface area contributed by atoms with Gasteiger partial charge in [-0.2, -0.15) is 0 Å². The first-order valence-corrected chi connectivity index (χ1v) is 8.04. The molecule has 0 saturated carbocycles. The maximum Gasteiger partial charge on any atom is 0.237 e. The second kappa shape index (κ2) is 10.3. The van der Waals surface area contributed by atoms with Crippen molar-refractivity contribution in [3.05, 3.63) is 29.8 Å². The highest BCUT2D eigenvalue weighted by molar-refractivity contribution is 5.88. The van der Waals surface area contributed by atoms with Gasteiger partial charge in [0.15, 0.2) is 0 Å². The monoisotopic (exact) mass is 355 g/mol. The number of halogens is 1. The number of hydrogen-bond acceptors (Lipinski definition) is 4. The summed E-state index contributed by atoms with van der Waals surface area (Å²) in [5.41, 5.74) is 7.90. The van der Waals surface area contributed by atoms with Crippen molar-refractivity contribution in [2.24, 2.45) is 11.7 Å². The second-order valence-corrected chi connectivity index (χ2v) is 5.89. The Bertz CT molecular complexity index is 530. The molecule has 0 radical (unpaired) electrons. The van der Waals surface area contributed by atoms with Crippen molar-refractivity contribution in [3.8, 4) is 0 Å².